The van der Waals surface area contributed by atoms with E-state index in [9.17, 15) is 0 Å². The highest BCUT2D eigenvalue weighted by molar-refractivity contribution is 5.57. The maximum Gasteiger partial charge on any atom is 0.197 e. The molecule has 0 spiro atoms. The van der Waals surface area contributed by atoms with Gasteiger partial charge in [0.15, 0.2) is 5.89 Å². The molecule has 0 fully saturated rings. The van der Waals surface area contributed by atoms with Crippen LogP contribution < -0.4 is 0 Å². The number of aromatic nitrogens is 1. The molecule has 2 nitrogen and oxygen atoms in total. The summed E-state index contributed by atoms with van der Waals surface area (Å²) in [6.45, 7) is 4.33. The zero-order valence-corrected chi connectivity index (χ0v) is 9.81. The molecule has 0 saturated carbocycles. The highest BCUT2D eigenvalue weighted by Crippen LogP contribution is 2.25. The second kappa shape index (κ2) is 4.97. The number of benzene rings is 1. The predicted octanol–water partition coefficient (Wildman–Crippen LogP) is 4.25. The third-order valence-corrected chi connectivity index (χ3v) is 2.93. The van der Waals surface area contributed by atoms with Crippen molar-refractivity contribution in [2.45, 2.75) is 32.6 Å². The average molecular weight is 215 g/mol. The highest BCUT2D eigenvalue weighted by atomic mass is 16.3. The Morgan fingerprint density at radius 1 is 1.12 bits per heavy atom. The van der Waals surface area contributed by atoms with Gasteiger partial charge in [-0.05, 0) is 12.8 Å². The van der Waals surface area contributed by atoms with Gasteiger partial charge >= 0.3 is 0 Å². The van der Waals surface area contributed by atoms with Gasteiger partial charge in [-0.15, -0.1) is 0 Å². The molecule has 2 rings (SSSR count). The molecule has 16 heavy (non-hydrogen) atoms. The van der Waals surface area contributed by atoms with Crippen LogP contribution >= 0.6 is 0 Å². The number of rotatable bonds is 4. The van der Waals surface area contributed by atoms with Gasteiger partial charge in [-0.3, -0.25) is 0 Å². The van der Waals surface area contributed by atoms with Gasteiger partial charge in [-0.25, -0.2) is 4.98 Å². The molecule has 1 heterocycles. The van der Waals surface area contributed by atoms with E-state index in [0.29, 0.717) is 5.92 Å². The molecule has 1 aromatic carbocycles. The van der Waals surface area contributed by atoms with Gasteiger partial charge in [-0.1, -0.05) is 44.2 Å². The van der Waals surface area contributed by atoms with E-state index in [2.05, 4.69) is 31.0 Å². The summed E-state index contributed by atoms with van der Waals surface area (Å²) in [5.74, 6) is 1.31. The average Bonchev–Trinajstić information content (AvgIpc) is 2.81. The van der Waals surface area contributed by atoms with Gasteiger partial charge < -0.3 is 4.42 Å². The van der Waals surface area contributed by atoms with Crippen molar-refractivity contribution >= 4 is 0 Å². The van der Waals surface area contributed by atoms with Crippen LogP contribution in [0.1, 0.15) is 38.5 Å². The van der Waals surface area contributed by atoms with Gasteiger partial charge in [0.2, 0.25) is 0 Å². The van der Waals surface area contributed by atoms with Crippen LogP contribution in [0.2, 0.25) is 0 Å². The van der Waals surface area contributed by atoms with Gasteiger partial charge in [0.1, 0.15) is 12.0 Å². The summed E-state index contributed by atoms with van der Waals surface area (Å²) in [6, 6.07) is 10.1. The van der Waals surface area contributed by atoms with Crippen LogP contribution in [0.25, 0.3) is 11.3 Å². The summed E-state index contributed by atoms with van der Waals surface area (Å²) >= 11 is 0. The van der Waals surface area contributed by atoms with Crippen molar-refractivity contribution in [2.75, 3.05) is 0 Å². The fourth-order valence-electron chi connectivity index (χ4n) is 1.85. The Kier molecular flexibility index (Phi) is 3.40. The first-order valence-corrected chi connectivity index (χ1v) is 5.86. The third kappa shape index (κ3) is 2.16. The summed E-state index contributed by atoms with van der Waals surface area (Å²) in [5.41, 5.74) is 2.05. The first kappa shape index (κ1) is 10.9. The van der Waals surface area contributed by atoms with E-state index in [0.717, 1.165) is 30.0 Å². The fraction of sp³-hybridized carbons (Fsp3) is 0.357. The van der Waals surface area contributed by atoms with Gasteiger partial charge in [0.25, 0.3) is 0 Å². The molecule has 84 valence electrons. The van der Waals surface area contributed by atoms with E-state index >= 15 is 0 Å². The minimum Gasteiger partial charge on any atom is -0.448 e. The standard InChI is InChI=1S/C14H17NO/c1-3-11(4-2)14-15-13(10-16-14)12-8-6-5-7-9-12/h5-11H,3-4H2,1-2H3. The van der Waals surface area contributed by atoms with Crippen LogP contribution in [0.5, 0.6) is 0 Å². The molecule has 0 saturated heterocycles. The van der Waals surface area contributed by atoms with E-state index < -0.39 is 0 Å². The van der Waals surface area contributed by atoms with Crippen LogP contribution in [0.4, 0.5) is 0 Å². The van der Waals surface area contributed by atoms with Crippen LogP contribution in [0.3, 0.4) is 0 Å². The summed E-state index contributed by atoms with van der Waals surface area (Å²) < 4.78 is 5.55. The summed E-state index contributed by atoms with van der Waals surface area (Å²) in [7, 11) is 0. The topological polar surface area (TPSA) is 26.0 Å². The molecular weight excluding hydrogens is 198 g/mol. The molecule has 0 aliphatic carbocycles. The smallest absolute Gasteiger partial charge is 0.197 e. The molecule has 2 heteroatoms. The summed E-state index contributed by atoms with van der Waals surface area (Å²) in [4.78, 5) is 4.56. The van der Waals surface area contributed by atoms with E-state index in [1.807, 2.05) is 18.2 Å². The normalized spacial score (nSPS) is 10.9. The lowest BCUT2D eigenvalue weighted by Crippen LogP contribution is -1.95. The van der Waals surface area contributed by atoms with E-state index in [1.54, 1.807) is 6.26 Å². The molecule has 0 N–H and O–H groups in total. The van der Waals surface area contributed by atoms with Gasteiger partial charge in [-0.2, -0.15) is 0 Å². The van der Waals surface area contributed by atoms with Crippen molar-refractivity contribution in [3.8, 4) is 11.3 Å². The van der Waals surface area contributed by atoms with Crippen LogP contribution in [-0.2, 0) is 0 Å². The lowest BCUT2D eigenvalue weighted by molar-refractivity contribution is 0.431. The monoisotopic (exact) mass is 215 g/mol. The SMILES string of the molecule is CCC(CC)c1nc(-c2ccccc2)co1. The van der Waals surface area contributed by atoms with E-state index in [1.165, 1.54) is 0 Å². The second-order valence-corrected chi connectivity index (χ2v) is 3.95. The molecule has 2 aromatic rings. The minimum absolute atomic E-state index is 0.442. The Hall–Kier alpha value is -1.57. The molecule has 0 atom stereocenters. The predicted molar refractivity (Wildman–Crippen MR) is 65.3 cm³/mol. The van der Waals surface area contributed by atoms with Crippen molar-refractivity contribution in [1.29, 1.82) is 0 Å². The zero-order chi connectivity index (χ0) is 11.4. The molecule has 1 aromatic heterocycles. The Bertz CT molecular complexity index is 429. The van der Waals surface area contributed by atoms with Crippen molar-refractivity contribution in [2.24, 2.45) is 0 Å². The molecule has 0 amide bonds. The zero-order valence-electron chi connectivity index (χ0n) is 9.81. The second-order valence-electron chi connectivity index (χ2n) is 3.95. The first-order chi connectivity index (χ1) is 7.85. The Morgan fingerprint density at radius 3 is 2.44 bits per heavy atom. The Morgan fingerprint density at radius 2 is 1.81 bits per heavy atom. The summed E-state index contributed by atoms with van der Waals surface area (Å²) in [6.07, 6.45) is 3.90. The molecule has 0 bridgehead atoms. The lowest BCUT2D eigenvalue weighted by atomic mass is 10.0. The summed E-state index contributed by atoms with van der Waals surface area (Å²) in [5, 5.41) is 0. The third-order valence-electron chi connectivity index (χ3n) is 2.93. The van der Waals surface area contributed by atoms with Crippen molar-refractivity contribution < 1.29 is 4.42 Å². The van der Waals surface area contributed by atoms with Gasteiger partial charge in [0, 0.05) is 11.5 Å². The van der Waals surface area contributed by atoms with Crippen molar-refractivity contribution in [1.82, 2.24) is 4.98 Å². The molecular formula is C14H17NO. The van der Waals surface area contributed by atoms with Crippen LogP contribution in [0.15, 0.2) is 41.0 Å². The van der Waals surface area contributed by atoms with Crippen LogP contribution in [-0.4, -0.2) is 4.98 Å². The quantitative estimate of drug-likeness (QED) is 0.762. The highest BCUT2D eigenvalue weighted by Gasteiger charge is 2.13. The lowest BCUT2D eigenvalue weighted by Gasteiger charge is -2.05. The number of oxazole rings is 1. The maximum atomic E-state index is 5.55. The van der Waals surface area contributed by atoms with E-state index in [4.69, 9.17) is 4.42 Å². The molecule has 0 aliphatic heterocycles. The number of hydrogen-bond acceptors (Lipinski definition) is 2. The van der Waals surface area contributed by atoms with Crippen molar-refractivity contribution in [3.05, 3.63) is 42.5 Å². The molecule has 0 unspecified atom stereocenters. The van der Waals surface area contributed by atoms with Crippen molar-refractivity contribution in [3.63, 3.8) is 0 Å². The minimum atomic E-state index is 0.442. The number of nitrogens with zero attached hydrogens (tertiary/aromatic N) is 1. The first-order valence-electron chi connectivity index (χ1n) is 5.86. The largest absolute Gasteiger partial charge is 0.448 e. The Balaban J connectivity index is 2.26. The molecule has 0 radical (unpaired) electrons. The number of hydrogen-bond donors (Lipinski definition) is 0. The van der Waals surface area contributed by atoms with Gasteiger partial charge in [0.05, 0.1) is 0 Å². The molecule has 0 aliphatic rings. The van der Waals surface area contributed by atoms with Crippen LogP contribution in [0, 0.1) is 0 Å². The van der Waals surface area contributed by atoms with E-state index in [-0.39, 0.29) is 0 Å². The fourth-order valence-corrected chi connectivity index (χ4v) is 1.85. The Labute approximate surface area is 96.3 Å². The maximum absolute atomic E-state index is 5.55.